The lowest BCUT2D eigenvalue weighted by Crippen LogP contribution is -2.32. The van der Waals surface area contributed by atoms with E-state index in [0.29, 0.717) is 36.1 Å². The van der Waals surface area contributed by atoms with Crippen LogP contribution in [-0.4, -0.2) is 39.1 Å². The number of fused-ring (bicyclic) bond motifs is 1. The first-order chi connectivity index (χ1) is 14.7. The number of halogens is 1. The van der Waals surface area contributed by atoms with Gasteiger partial charge in [-0.1, -0.05) is 19.1 Å². The normalized spacial score (nSPS) is 13.2. The summed E-state index contributed by atoms with van der Waals surface area (Å²) in [6.45, 7) is 6.61. The van der Waals surface area contributed by atoms with Crippen molar-refractivity contribution in [2.75, 3.05) is 28.6 Å². The minimum absolute atomic E-state index is 0.0312. The fourth-order valence-corrected chi connectivity index (χ4v) is 6.28. The molecule has 0 atom stereocenters. The van der Waals surface area contributed by atoms with Crippen molar-refractivity contribution in [2.24, 2.45) is 0 Å². The van der Waals surface area contributed by atoms with Gasteiger partial charge in [-0.05, 0) is 71.6 Å². The van der Waals surface area contributed by atoms with E-state index in [-0.39, 0.29) is 28.9 Å². The molecule has 0 saturated heterocycles. The molecule has 1 aliphatic heterocycles. The Hall–Kier alpha value is -2.19. The maximum atomic E-state index is 13.1. The van der Waals surface area contributed by atoms with Crippen LogP contribution in [0.25, 0.3) is 0 Å². The van der Waals surface area contributed by atoms with E-state index < -0.39 is 9.84 Å². The third-order valence-corrected chi connectivity index (χ3v) is 8.15. The van der Waals surface area contributed by atoms with Crippen LogP contribution in [0.3, 0.4) is 0 Å². The summed E-state index contributed by atoms with van der Waals surface area (Å²) in [6.07, 6.45) is 0.934. The molecular weight excluding hydrogens is 480 g/mol. The number of carbonyl (C=O) groups excluding carboxylic acids is 2. The van der Waals surface area contributed by atoms with Gasteiger partial charge >= 0.3 is 0 Å². The van der Waals surface area contributed by atoms with Gasteiger partial charge in [-0.25, -0.2) is 8.42 Å². The minimum atomic E-state index is -3.73. The first-order valence-electron chi connectivity index (χ1n) is 10.4. The molecule has 0 radical (unpaired) electrons. The van der Waals surface area contributed by atoms with Crippen molar-refractivity contribution in [3.05, 3.63) is 52.0 Å². The molecule has 0 fully saturated rings. The van der Waals surface area contributed by atoms with Crippen molar-refractivity contribution in [2.45, 2.75) is 44.9 Å². The van der Waals surface area contributed by atoms with Crippen LogP contribution in [0, 0.1) is 6.92 Å². The smallest absolute Gasteiger partial charge is 0.228 e. The molecule has 8 heteroatoms. The van der Waals surface area contributed by atoms with Gasteiger partial charge in [-0.2, -0.15) is 0 Å². The minimum Gasteiger partial charge on any atom is -0.313 e. The van der Waals surface area contributed by atoms with E-state index in [1.54, 1.807) is 28.9 Å². The lowest BCUT2D eigenvalue weighted by atomic mass is 10.2. The Labute approximate surface area is 192 Å². The van der Waals surface area contributed by atoms with Gasteiger partial charge in [0, 0.05) is 41.8 Å². The van der Waals surface area contributed by atoms with E-state index in [1.165, 1.54) is 0 Å². The van der Waals surface area contributed by atoms with Crippen molar-refractivity contribution in [1.82, 2.24) is 0 Å². The van der Waals surface area contributed by atoms with Gasteiger partial charge in [0.05, 0.1) is 10.6 Å². The molecule has 31 heavy (non-hydrogen) atoms. The molecule has 3 rings (SSSR count). The fraction of sp³-hybridized carbons (Fsp3) is 0.391. The second-order valence-electron chi connectivity index (χ2n) is 7.61. The summed E-state index contributed by atoms with van der Waals surface area (Å²) < 4.78 is 26.7. The predicted octanol–water partition coefficient (Wildman–Crippen LogP) is 4.27. The molecule has 0 spiro atoms. The van der Waals surface area contributed by atoms with Crippen molar-refractivity contribution in [3.8, 4) is 0 Å². The van der Waals surface area contributed by atoms with Gasteiger partial charge in [0.15, 0.2) is 9.84 Å². The SMILES string of the molecule is CCC(=O)N1CCc2cc(Br)c(S(=O)(=O)CCC(=O)N(CC)c3cccc(C)c3)cc21. The number of amides is 2. The van der Waals surface area contributed by atoms with E-state index in [9.17, 15) is 18.0 Å². The number of sulfone groups is 1. The van der Waals surface area contributed by atoms with E-state index in [4.69, 9.17) is 0 Å². The number of nitrogens with zero attached hydrogens (tertiary/aromatic N) is 2. The molecule has 2 amide bonds. The topological polar surface area (TPSA) is 74.8 Å². The Bertz CT molecular complexity index is 1110. The zero-order valence-electron chi connectivity index (χ0n) is 18.0. The highest BCUT2D eigenvalue weighted by Gasteiger charge is 2.29. The monoisotopic (exact) mass is 506 g/mol. The summed E-state index contributed by atoms with van der Waals surface area (Å²) in [6, 6.07) is 10.9. The van der Waals surface area contributed by atoms with E-state index >= 15 is 0 Å². The van der Waals surface area contributed by atoms with Crippen LogP contribution < -0.4 is 9.80 Å². The average molecular weight is 507 g/mol. The van der Waals surface area contributed by atoms with Crippen molar-refractivity contribution in [1.29, 1.82) is 0 Å². The van der Waals surface area contributed by atoms with Crippen LogP contribution in [0.2, 0.25) is 0 Å². The summed E-state index contributed by atoms with van der Waals surface area (Å²) in [5, 5.41) is 0. The molecule has 166 valence electrons. The van der Waals surface area contributed by atoms with Crippen LogP contribution >= 0.6 is 15.9 Å². The Kier molecular flexibility index (Phi) is 7.21. The molecule has 2 aromatic carbocycles. The first-order valence-corrected chi connectivity index (χ1v) is 12.8. The van der Waals surface area contributed by atoms with Crippen LogP contribution in [-0.2, 0) is 25.8 Å². The van der Waals surface area contributed by atoms with Crippen LogP contribution in [0.15, 0.2) is 45.8 Å². The van der Waals surface area contributed by atoms with Gasteiger partial charge in [-0.3, -0.25) is 9.59 Å². The molecule has 1 aliphatic rings. The van der Waals surface area contributed by atoms with E-state index in [1.807, 2.05) is 38.1 Å². The van der Waals surface area contributed by atoms with E-state index in [0.717, 1.165) is 16.8 Å². The Balaban J connectivity index is 1.81. The highest BCUT2D eigenvalue weighted by Crippen LogP contribution is 2.36. The fourth-order valence-electron chi connectivity index (χ4n) is 3.84. The largest absolute Gasteiger partial charge is 0.313 e. The first kappa shape index (κ1) is 23.5. The van der Waals surface area contributed by atoms with Crippen molar-refractivity contribution < 1.29 is 18.0 Å². The third kappa shape index (κ3) is 5.01. The summed E-state index contributed by atoms with van der Waals surface area (Å²) >= 11 is 3.38. The molecule has 2 aromatic rings. The van der Waals surface area contributed by atoms with Crippen LogP contribution in [0.5, 0.6) is 0 Å². The lowest BCUT2D eigenvalue weighted by Gasteiger charge is -2.22. The second kappa shape index (κ2) is 9.53. The quantitative estimate of drug-likeness (QED) is 0.561. The lowest BCUT2D eigenvalue weighted by molar-refractivity contribution is -0.119. The predicted molar refractivity (Wildman–Crippen MR) is 126 cm³/mol. The zero-order chi connectivity index (χ0) is 22.8. The molecule has 0 saturated carbocycles. The molecule has 1 heterocycles. The Morgan fingerprint density at radius 3 is 2.55 bits per heavy atom. The molecular formula is C23H27BrN2O4S. The number of aryl methyl sites for hydroxylation is 1. The summed E-state index contributed by atoms with van der Waals surface area (Å²) in [4.78, 5) is 28.4. The molecule has 0 N–H and O–H groups in total. The van der Waals surface area contributed by atoms with Crippen LogP contribution in [0.1, 0.15) is 37.8 Å². The summed E-state index contributed by atoms with van der Waals surface area (Å²) in [5.74, 6) is -0.569. The van der Waals surface area contributed by atoms with Crippen LogP contribution in [0.4, 0.5) is 11.4 Å². The average Bonchev–Trinajstić information content (AvgIpc) is 3.14. The molecule has 0 unspecified atom stereocenters. The molecule has 6 nitrogen and oxygen atoms in total. The van der Waals surface area contributed by atoms with Crippen molar-refractivity contribution >= 4 is 49.0 Å². The number of benzene rings is 2. The van der Waals surface area contributed by atoms with E-state index in [2.05, 4.69) is 15.9 Å². The summed E-state index contributed by atoms with van der Waals surface area (Å²) in [7, 11) is -3.73. The maximum absolute atomic E-state index is 13.1. The van der Waals surface area contributed by atoms with Gasteiger partial charge < -0.3 is 9.80 Å². The number of carbonyl (C=O) groups is 2. The highest BCUT2D eigenvalue weighted by atomic mass is 79.9. The van der Waals surface area contributed by atoms with Crippen molar-refractivity contribution in [3.63, 3.8) is 0 Å². The number of rotatable bonds is 7. The Morgan fingerprint density at radius 1 is 1.16 bits per heavy atom. The molecule has 0 aliphatic carbocycles. The highest BCUT2D eigenvalue weighted by molar-refractivity contribution is 9.10. The summed E-state index contributed by atoms with van der Waals surface area (Å²) in [5.41, 5.74) is 3.39. The molecule has 0 aromatic heterocycles. The Morgan fingerprint density at radius 2 is 1.90 bits per heavy atom. The van der Waals surface area contributed by atoms with Gasteiger partial charge in [0.25, 0.3) is 0 Å². The van der Waals surface area contributed by atoms with Gasteiger partial charge in [0.2, 0.25) is 11.8 Å². The number of anilines is 2. The number of hydrogen-bond acceptors (Lipinski definition) is 4. The third-order valence-electron chi connectivity index (χ3n) is 5.48. The standard InChI is InChI=1S/C23H27BrN2O4S/c1-4-22(27)26-11-9-17-14-19(24)21(15-20(17)26)31(29,30)12-10-23(28)25(5-2)18-8-6-7-16(3)13-18/h6-8,13-15H,4-5,9-12H2,1-3H3. The zero-order valence-corrected chi connectivity index (χ0v) is 20.4. The van der Waals surface area contributed by atoms with Gasteiger partial charge in [-0.15, -0.1) is 0 Å². The maximum Gasteiger partial charge on any atom is 0.228 e. The second-order valence-corrected chi connectivity index (χ2v) is 10.5. The number of hydrogen-bond donors (Lipinski definition) is 0. The van der Waals surface area contributed by atoms with Gasteiger partial charge in [0.1, 0.15) is 0 Å². The molecule has 0 bridgehead atoms.